The van der Waals surface area contributed by atoms with Gasteiger partial charge in [0.15, 0.2) is 0 Å². The van der Waals surface area contributed by atoms with Crippen molar-refractivity contribution < 1.29 is 15.0 Å². The van der Waals surface area contributed by atoms with E-state index in [1.165, 1.54) is 6.92 Å². The Morgan fingerprint density at radius 1 is 1.47 bits per heavy atom. The Bertz CT molecular complexity index is 409. The molecule has 5 heteroatoms. The Hall–Kier alpha value is -0.910. The van der Waals surface area contributed by atoms with Gasteiger partial charge in [-0.25, -0.2) is 0 Å². The molecule has 1 amide bonds. The van der Waals surface area contributed by atoms with Crippen molar-refractivity contribution in [1.29, 1.82) is 0 Å². The molecule has 0 fully saturated rings. The fourth-order valence-corrected chi connectivity index (χ4v) is 1.68. The molecule has 3 N–H and O–H groups in total. The number of aliphatic hydroxyl groups is 2. The van der Waals surface area contributed by atoms with Crippen LogP contribution in [0.15, 0.2) is 22.7 Å². The number of carbonyl (C=O) groups is 1. The zero-order valence-electron chi connectivity index (χ0n) is 9.77. The summed E-state index contributed by atoms with van der Waals surface area (Å²) in [4.78, 5) is 10.7. The Balaban J connectivity index is 2.70. The van der Waals surface area contributed by atoms with Gasteiger partial charge in [-0.05, 0) is 24.1 Å². The number of carbonyl (C=O) groups excluding carboxylic acids is 1. The summed E-state index contributed by atoms with van der Waals surface area (Å²) in [5.74, 6) is -0.233. The van der Waals surface area contributed by atoms with E-state index in [1.54, 1.807) is 12.1 Å². The number of aryl methyl sites for hydroxylation is 1. The number of halogens is 1. The summed E-state index contributed by atoms with van der Waals surface area (Å²) in [7, 11) is 0. The maximum atomic E-state index is 10.7. The van der Waals surface area contributed by atoms with E-state index in [9.17, 15) is 15.0 Å². The highest BCUT2D eigenvalue weighted by Crippen LogP contribution is 2.23. The second kappa shape index (κ2) is 6.14. The molecule has 0 saturated carbocycles. The molecule has 0 aliphatic rings. The lowest BCUT2D eigenvalue weighted by Gasteiger charge is -2.19. The van der Waals surface area contributed by atoms with Crippen LogP contribution in [0.25, 0.3) is 0 Å². The van der Waals surface area contributed by atoms with Gasteiger partial charge in [-0.3, -0.25) is 4.79 Å². The van der Waals surface area contributed by atoms with Crippen LogP contribution >= 0.6 is 15.9 Å². The average Bonchev–Trinajstić information content (AvgIpc) is 2.28. The van der Waals surface area contributed by atoms with Crippen molar-refractivity contribution in [2.45, 2.75) is 26.1 Å². The minimum Gasteiger partial charge on any atom is -0.388 e. The molecule has 4 nitrogen and oxygen atoms in total. The van der Waals surface area contributed by atoms with E-state index in [0.717, 1.165) is 10.0 Å². The van der Waals surface area contributed by atoms with Crippen molar-refractivity contribution in [1.82, 2.24) is 5.32 Å². The average molecular weight is 302 g/mol. The number of hydrogen-bond donors (Lipinski definition) is 3. The zero-order valence-corrected chi connectivity index (χ0v) is 11.4. The smallest absolute Gasteiger partial charge is 0.216 e. The molecular formula is C12H16BrNO3. The van der Waals surface area contributed by atoms with Crippen LogP contribution in [0.2, 0.25) is 0 Å². The predicted molar refractivity (Wildman–Crippen MR) is 68.5 cm³/mol. The van der Waals surface area contributed by atoms with Gasteiger partial charge < -0.3 is 15.5 Å². The van der Waals surface area contributed by atoms with Crippen molar-refractivity contribution in [3.05, 3.63) is 33.8 Å². The first-order chi connectivity index (χ1) is 7.91. The molecule has 0 radical (unpaired) electrons. The lowest BCUT2D eigenvalue weighted by atomic mass is 10.0. The van der Waals surface area contributed by atoms with Crippen LogP contribution in [0.1, 0.15) is 24.2 Å². The highest BCUT2D eigenvalue weighted by molar-refractivity contribution is 9.10. The molecule has 2 atom stereocenters. The monoisotopic (exact) mass is 301 g/mol. The summed E-state index contributed by atoms with van der Waals surface area (Å²) < 4.78 is 0.949. The number of amides is 1. The van der Waals surface area contributed by atoms with Gasteiger partial charge in [0.1, 0.15) is 12.2 Å². The van der Waals surface area contributed by atoms with Gasteiger partial charge in [0.25, 0.3) is 0 Å². The summed E-state index contributed by atoms with van der Waals surface area (Å²) in [6, 6.07) is 5.35. The van der Waals surface area contributed by atoms with Crippen molar-refractivity contribution in [2.75, 3.05) is 6.54 Å². The van der Waals surface area contributed by atoms with Crippen LogP contribution < -0.4 is 5.32 Å². The number of aliphatic hydroxyl groups excluding tert-OH is 2. The van der Waals surface area contributed by atoms with E-state index in [4.69, 9.17) is 0 Å². The Morgan fingerprint density at radius 2 is 2.12 bits per heavy atom. The second-order valence-corrected chi connectivity index (χ2v) is 4.81. The Labute approximate surface area is 109 Å². The van der Waals surface area contributed by atoms with Crippen molar-refractivity contribution in [2.24, 2.45) is 0 Å². The van der Waals surface area contributed by atoms with Gasteiger partial charge >= 0.3 is 0 Å². The van der Waals surface area contributed by atoms with Crippen LogP contribution in [-0.4, -0.2) is 28.8 Å². The number of rotatable bonds is 4. The van der Waals surface area contributed by atoms with Crippen molar-refractivity contribution in [3.8, 4) is 0 Å². The van der Waals surface area contributed by atoms with Crippen LogP contribution in [0.4, 0.5) is 0 Å². The lowest BCUT2D eigenvalue weighted by Crippen LogP contribution is -2.34. The first-order valence-corrected chi connectivity index (χ1v) is 6.07. The van der Waals surface area contributed by atoms with E-state index in [0.29, 0.717) is 5.56 Å². The second-order valence-electron chi connectivity index (χ2n) is 3.96. The first kappa shape index (κ1) is 14.2. The molecule has 1 aromatic rings. The summed E-state index contributed by atoms with van der Waals surface area (Å²) >= 11 is 3.36. The van der Waals surface area contributed by atoms with Crippen LogP contribution in [0.5, 0.6) is 0 Å². The molecule has 0 aliphatic carbocycles. The molecule has 1 aromatic carbocycles. The van der Waals surface area contributed by atoms with E-state index in [-0.39, 0.29) is 12.5 Å². The first-order valence-electron chi connectivity index (χ1n) is 5.28. The fraction of sp³-hybridized carbons (Fsp3) is 0.417. The van der Waals surface area contributed by atoms with Gasteiger partial charge in [-0.2, -0.15) is 0 Å². The minimum absolute atomic E-state index is 0.0333. The van der Waals surface area contributed by atoms with E-state index >= 15 is 0 Å². The maximum absolute atomic E-state index is 10.7. The molecule has 0 bridgehead atoms. The van der Waals surface area contributed by atoms with Crippen molar-refractivity contribution >= 4 is 21.8 Å². The van der Waals surface area contributed by atoms with Gasteiger partial charge in [-0.1, -0.05) is 28.1 Å². The molecule has 17 heavy (non-hydrogen) atoms. The summed E-state index contributed by atoms with van der Waals surface area (Å²) in [6.45, 7) is 3.30. The molecule has 0 aliphatic heterocycles. The maximum Gasteiger partial charge on any atom is 0.216 e. The topological polar surface area (TPSA) is 69.6 Å². The minimum atomic E-state index is -1.01. The quantitative estimate of drug-likeness (QED) is 0.785. The van der Waals surface area contributed by atoms with E-state index in [1.807, 2.05) is 13.0 Å². The highest BCUT2D eigenvalue weighted by Gasteiger charge is 2.18. The lowest BCUT2D eigenvalue weighted by molar-refractivity contribution is -0.119. The number of hydrogen-bond acceptors (Lipinski definition) is 3. The summed E-state index contributed by atoms with van der Waals surface area (Å²) in [5, 5.41) is 22.1. The third-order valence-corrected chi connectivity index (χ3v) is 3.34. The number of nitrogens with one attached hydrogen (secondary N) is 1. The largest absolute Gasteiger partial charge is 0.388 e. The third-order valence-electron chi connectivity index (χ3n) is 2.45. The molecule has 1 rings (SSSR count). The summed E-state index contributed by atoms with van der Waals surface area (Å²) in [5.41, 5.74) is 1.61. The standard InChI is InChI=1S/C12H16BrNO3/c1-7-5-9(3-4-10(7)13)12(17)11(16)6-14-8(2)15/h3-5,11-12,16-17H,6H2,1-2H3,(H,14,15). The molecule has 0 saturated heterocycles. The van der Waals surface area contributed by atoms with Crippen LogP contribution in [0.3, 0.4) is 0 Å². The van der Waals surface area contributed by atoms with Gasteiger partial charge in [-0.15, -0.1) is 0 Å². The molecule has 0 aromatic heterocycles. The molecule has 2 unspecified atom stereocenters. The molecular weight excluding hydrogens is 286 g/mol. The van der Waals surface area contributed by atoms with Crippen LogP contribution in [-0.2, 0) is 4.79 Å². The number of benzene rings is 1. The Morgan fingerprint density at radius 3 is 2.65 bits per heavy atom. The molecule has 0 heterocycles. The predicted octanol–water partition coefficient (Wildman–Crippen LogP) is 1.29. The Kier molecular flexibility index (Phi) is 5.11. The zero-order chi connectivity index (χ0) is 13.0. The highest BCUT2D eigenvalue weighted by atomic mass is 79.9. The SMILES string of the molecule is CC(=O)NCC(O)C(O)c1ccc(Br)c(C)c1. The third kappa shape index (κ3) is 4.11. The summed E-state index contributed by atoms with van der Waals surface area (Å²) in [6.07, 6.45) is -2.02. The van der Waals surface area contributed by atoms with E-state index in [2.05, 4.69) is 21.2 Å². The van der Waals surface area contributed by atoms with Crippen LogP contribution in [0, 0.1) is 6.92 Å². The van der Waals surface area contributed by atoms with Gasteiger partial charge in [0, 0.05) is 17.9 Å². The molecule has 0 spiro atoms. The fourth-order valence-electron chi connectivity index (χ4n) is 1.43. The van der Waals surface area contributed by atoms with Gasteiger partial charge in [0.2, 0.25) is 5.91 Å². The normalized spacial score (nSPS) is 14.2. The van der Waals surface area contributed by atoms with Crippen molar-refractivity contribution in [3.63, 3.8) is 0 Å². The molecule has 94 valence electrons. The van der Waals surface area contributed by atoms with E-state index < -0.39 is 12.2 Å². The van der Waals surface area contributed by atoms with Gasteiger partial charge in [0.05, 0.1) is 0 Å².